The molecule has 0 radical (unpaired) electrons. The van der Waals surface area contributed by atoms with Gasteiger partial charge in [-0.2, -0.15) is 13.2 Å². The Morgan fingerprint density at radius 1 is 0.963 bits per heavy atom. The first kappa shape index (κ1) is 42.4. The van der Waals surface area contributed by atoms with Crippen molar-refractivity contribution in [2.24, 2.45) is 0 Å². The van der Waals surface area contributed by atoms with Crippen LogP contribution in [0.3, 0.4) is 0 Å². The first-order chi connectivity index (χ1) is 25.2. The molecule has 3 atom stereocenters. The number of morpholine rings is 1. The Hall–Kier alpha value is -4.37. The minimum absolute atomic E-state index is 0.0458. The summed E-state index contributed by atoms with van der Waals surface area (Å²) in [5.74, 6) is -3.03. The van der Waals surface area contributed by atoms with Gasteiger partial charge in [-0.3, -0.25) is 14.5 Å². The second-order valence-corrected chi connectivity index (χ2v) is 16.3. The highest BCUT2D eigenvalue weighted by atomic mass is 32.2. The van der Waals surface area contributed by atoms with Crippen LogP contribution in [-0.2, 0) is 46.5 Å². The number of alkyl halides is 3. The first-order valence-corrected chi connectivity index (χ1v) is 19.2. The minimum Gasteiger partial charge on any atom is -0.463 e. The summed E-state index contributed by atoms with van der Waals surface area (Å²) in [7, 11) is -3.48. The van der Waals surface area contributed by atoms with Crippen LogP contribution in [0.15, 0.2) is 71.6 Å². The molecule has 0 saturated carbocycles. The molecule has 0 aromatic heterocycles. The van der Waals surface area contributed by atoms with E-state index in [1.54, 1.807) is 45.0 Å². The lowest BCUT2D eigenvalue weighted by molar-refractivity contribution is -0.160. The molecule has 9 nitrogen and oxygen atoms in total. The third kappa shape index (κ3) is 12.9. The van der Waals surface area contributed by atoms with Crippen LogP contribution in [0.5, 0.6) is 0 Å². The highest BCUT2D eigenvalue weighted by Crippen LogP contribution is 2.31. The average Bonchev–Trinajstić information content (AvgIpc) is 3.07. The zero-order valence-corrected chi connectivity index (χ0v) is 31.3. The number of Topliss-reactive ketones (excluding diaryl/α,β-unsaturated/α-hetero) is 1. The van der Waals surface area contributed by atoms with Gasteiger partial charge in [0.15, 0.2) is 9.84 Å². The van der Waals surface area contributed by atoms with Gasteiger partial charge in [-0.1, -0.05) is 36.4 Å². The zero-order valence-electron chi connectivity index (χ0n) is 30.5. The van der Waals surface area contributed by atoms with E-state index in [9.17, 15) is 40.4 Å². The number of carbonyl (C=O) groups is 3. The molecule has 1 fully saturated rings. The molecule has 294 valence electrons. The summed E-state index contributed by atoms with van der Waals surface area (Å²) in [5, 5.41) is 0. The molecule has 3 aromatic carbocycles. The Kier molecular flexibility index (Phi) is 14.0. The van der Waals surface area contributed by atoms with Crippen molar-refractivity contribution in [3.8, 4) is 0 Å². The van der Waals surface area contributed by atoms with Crippen molar-refractivity contribution in [3.05, 3.63) is 101 Å². The molecule has 0 spiro atoms. The number of carbonyl (C=O) groups excluding carboxylic acids is 3. The molecule has 0 unspecified atom stereocenters. The van der Waals surface area contributed by atoms with Gasteiger partial charge in [-0.15, -0.1) is 0 Å². The SMILES string of the molecule is CC(C)(C)OC(=O)N1C[C@@H](CCc2c(F)cccc2CC(=O)C[C@H](c2ccc(S(C)(=O)=O)cc2)c2cccc(F)c2)OC[C@H]1COC(=O)CCC(F)(F)F. The van der Waals surface area contributed by atoms with E-state index < -0.39 is 82.8 Å². The molecule has 1 heterocycles. The number of ketones is 1. The maximum atomic E-state index is 15.3. The van der Waals surface area contributed by atoms with Gasteiger partial charge in [-0.05, 0) is 86.2 Å². The van der Waals surface area contributed by atoms with Gasteiger partial charge in [0.25, 0.3) is 0 Å². The van der Waals surface area contributed by atoms with Gasteiger partial charge in [0.2, 0.25) is 0 Å². The number of rotatable bonds is 14. The number of halogens is 5. The minimum atomic E-state index is -4.53. The van der Waals surface area contributed by atoms with Gasteiger partial charge in [-0.25, -0.2) is 22.0 Å². The predicted molar refractivity (Wildman–Crippen MR) is 189 cm³/mol. The Bertz CT molecular complexity index is 1890. The first-order valence-electron chi connectivity index (χ1n) is 17.4. The molecular formula is C39H44F5NO8S. The maximum absolute atomic E-state index is 15.3. The number of benzene rings is 3. The highest BCUT2D eigenvalue weighted by molar-refractivity contribution is 7.90. The van der Waals surface area contributed by atoms with Gasteiger partial charge in [0.05, 0.1) is 43.0 Å². The van der Waals surface area contributed by atoms with E-state index >= 15 is 4.39 Å². The van der Waals surface area contributed by atoms with Crippen LogP contribution in [-0.4, -0.2) is 81.1 Å². The van der Waals surface area contributed by atoms with Crippen LogP contribution >= 0.6 is 0 Å². The third-order valence-corrected chi connectivity index (χ3v) is 9.88. The number of nitrogens with zero attached hydrogens (tertiary/aromatic N) is 1. The largest absolute Gasteiger partial charge is 0.463 e. The van der Waals surface area contributed by atoms with Crippen molar-refractivity contribution < 1.29 is 59.0 Å². The summed E-state index contributed by atoms with van der Waals surface area (Å²) in [5.41, 5.74) is 0.904. The zero-order chi connectivity index (χ0) is 39.8. The fourth-order valence-electron chi connectivity index (χ4n) is 6.09. The lowest BCUT2D eigenvalue weighted by Crippen LogP contribution is -2.55. The fraction of sp³-hybridized carbons (Fsp3) is 0.462. The molecule has 15 heteroatoms. The van der Waals surface area contributed by atoms with Gasteiger partial charge in [0, 0.05) is 25.0 Å². The molecule has 0 aliphatic carbocycles. The quantitative estimate of drug-likeness (QED) is 0.122. The van der Waals surface area contributed by atoms with Crippen molar-refractivity contribution >= 4 is 27.7 Å². The smallest absolute Gasteiger partial charge is 0.410 e. The van der Waals surface area contributed by atoms with Gasteiger partial charge in [0.1, 0.15) is 29.6 Å². The fourth-order valence-corrected chi connectivity index (χ4v) is 6.72. The molecule has 3 aromatic rings. The van der Waals surface area contributed by atoms with Crippen molar-refractivity contribution in [2.75, 3.05) is 26.0 Å². The van der Waals surface area contributed by atoms with E-state index in [0.717, 1.165) is 6.26 Å². The Balaban J connectivity index is 1.46. The Labute approximate surface area is 311 Å². The van der Waals surface area contributed by atoms with Gasteiger partial charge >= 0.3 is 18.2 Å². The second-order valence-electron chi connectivity index (χ2n) is 14.3. The number of ether oxygens (including phenoxy) is 3. The predicted octanol–water partition coefficient (Wildman–Crippen LogP) is 7.52. The third-order valence-electron chi connectivity index (χ3n) is 8.76. The summed E-state index contributed by atoms with van der Waals surface area (Å²) in [6.45, 7) is 4.38. The summed E-state index contributed by atoms with van der Waals surface area (Å²) >= 11 is 0. The topological polar surface area (TPSA) is 116 Å². The van der Waals surface area contributed by atoms with Crippen LogP contribution in [0, 0.1) is 11.6 Å². The average molecular weight is 782 g/mol. The monoisotopic (exact) mass is 781 g/mol. The molecule has 1 saturated heterocycles. The normalized spacial score (nSPS) is 17.2. The summed E-state index contributed by atoms with van der Waals surface area (Å²) in [4.78, 5) is 40.1. The van der Waals surface area contributed by atoms with Crippen molar-refractivity contribution in [3.63, 3.8) is 0 Å². The van der Waals surface area contributed by atoms with E-state index in [4.69, 9.17) is 14.2 Å². The number of hydrogen-bond acceptors (Lipinski definition) is 8. The van der Waals surface area contributed by atoms with Crippen LogP contribution in [0.4, 0.5) is 26.7 Å². The van der Waals surface area contributed by atoms with Crippen LogP contribution in [0.2, 0.25) is 0 Å². The van der Waals surface area contributed by atoms with Crippen molar-refractivity contribution in [1.29, 1.82) is 0 Å². The van der Waals surface area contributed by atoms with Crippen LogP contribution < -0.4 is 0 Å². The summed E-state index contributed by atoms with van der Waals surface area (Å²) in [6, 6.07) is 15.3. The highest BCUT2D eigenvalue weighted by Gasteiger charge is 2.36. The molecule has 1 aliphatic rings. The number of sulfone groups is 1. The standard InChI is InChI=1S/C39H44F5NO8S/c1-38(2,3)53-37(48)45-22-31(51-23-29(45)24-52-36(47)17-18-39(42,43)44)13-16-33-27(8-6-10-35(33)41)20-30(46)21-34(26-7-5-9-28(40)19-26)25-11-14-32(15-12-25)54(4,49)50/h5-12,14-15,19,29,31,34H,13,16-18,20-24H2,1-4H3/t29-,31+,34+/m0/s1. The summed E-state index contributed by atoms with van der Waals surface area (Å²) < 4.78 is 108. The molecule has 4 rings (SSSR count). The molecule has 54 heavy (non-hydrogen) atoms. The Morgan fingerprint density at radius 3 is 2.28 bits per heavy atom. The summed E-state index contributed by atoms with van der Waals surface area (Å²) in [6.07, 6.45) is -6.98. The number of esters is 1. The molecule has 0 N–H and O–H groups in total. The molecule has 1 aliphatic heterocycles. The second kappa shape index (κ2) is 17.8. The van der Waals surface area contributed by atoms with Crippen molar-refractivity contribution in [2.45, 2.75) is 94.0 Å². The number of amides is 1. The maximum Gasteiger partial charge on any atom is 0.410 e. The molecule has 1 amide bonds. The van der Waals surface area contributed by atoms with E-state index in [-0.39, 0.29) is 55.1 Å². The van der Waals surface area contributed by atoms with E-state index in [1.165, 1.54) is 47.4 Å². The van der Waals surface area contributed by atoms with Crippen LogP contribution in [0.25, 0.3) is 0 Å². The van der Waals surface area contributed by atoms with Gasteiger partial charge < -0.3 is 14.2 Å². The lowest BCUT2D eigenvalue weighted by atomic mass is 9.85. The van der Waals surface area contributed by atoms with Crippen LogP contribution in [0.1, 0.15) is 74.6 Å². The lowest BCUT2D eigenvalue weighted by Gasteiger charge is -2.40. The van der Waals surface area contributed by atoms with E-state index in [2.05, 4.69) is 0 Å². The molecular weight excluding hydrogens is 737 g/mol. The molecule has 0 bridgehead atoms. The number of hydrogen-bond donors (Lipinski definition) is 0. The van der Waals surface area contributed by atoms with E-state index in [0.29, 0.717) is 16.7 Å². The van der Waals surface area contributed by atoms with E-state index in [1.807, 2.05) is 0 Å². The Morgan fingerprint density at radius 2 is 1.65 bits per heavy atom. The van der Waals surface area contributed by atoms with Crippen molar-refractivity contribution in [1.82, 2.24) is 4.90 Å².